The molecule has 328 valence electrons. The van der Waals surface area contributed by atoms with Crippen molar-refractivity contribution in [2.45, 2.75) is 41.9 Å². The maximum Gasteiger partial charge on any atom is 0.245 e. The van der Waals surface area contributed by atoms with Crippen LogP contribution in [0, 0.1) is 0 Å². The predicted molar refractivity (Wildman–Crippen MR) is 238 cm³/mol. The number of fused-ring (bicyclic) bond motifs is 1. The molecular weight excluding hydrogens is 845 g/mol. The highest BCUT2D eigenvalue weighted by molar-refractivity contribution is 7.92. The zero-order valence-electron chi connectivity index (χ0n) is 35.5. The molecule has 3 heterocycles. The van der Waals surface area contributed by atoms with E-state index in [9.17, 15) is 8.42 Å². The molecule has 0 amide bonds. The molecule has 0 saturated carbocycles. The standard InChI is InChI=1S/C44H49N10O7S2/c1-54(2)24-23-32(28-54)50-62(55,56)39-22-21-36(37-7-6-8-38-41(37)47-44(45)46-38)40(43-48-51-53(49-43)27-31-13-19-35(61-5)20-14-31)42(39)63(57,58)52(25-29-9-15-33(59-3)16-10-29)26-30-11-17-34(60-4)18-12-30/h6-22,32,50H,23-28H2,1-5H3,(H3,45,46,47)/q+1/t32-/m1/s1. The Morgan fingerprint density at radius 2 is 1.38 bits per heavy atom. The molecule has 0 aliphatic carbocycles. The number of likely N-dealkylation sites (tertiary alicyclic amines) is 1. The summed E-state index contributed by atoms with van der Waals surface area (Å²) in [5.74, 6) is 1.86. The molecule has 2 aromatic heterocycles. The summed E-state index contributed by atoms with van der Waals surface area (Å²) >= 11 is 0. The molecule has 1 fully saturated rings. The fraction of sp³-hybridized carbons (Fsp3) is 0.273. The number of quaternary nitrogens is 1. The quantitative estimate of drug-likeness (QED) is 0.109. The Labute approximate surface area is 366 Å². The molecule has 0 bridgehead atoms. The molecule has 4 N–H and O–H groups in total. The number of nitrogens with zero attached hydrogens (tertiary/aromatic N) is 7. The summed E-state index contributed by atoms with van der Waals surface area (Å²) in [5, 5.41) is 13.6. The van der Waals surface area contributed by atoms with Gasteiger partial charge < -0.3 is 29.4 Å². The van der Waals surface area contributed by atoms with Gasteiger partial charge in [-0.15, -0.1) is 10.2 Å². The van der Waals surface area contributed by atoms with Gasteiger partial charge >= 0.3 is 0 Å². The van der Waals surface area contributed by atoms with E-state index in [1.165, 1.54) is 15.2 Å². The lowest BCUT2D eigenvalue weighted by Gasteiger charge is -2.27. The summed E-state index contributed by atoms with van der Waals surface area (Å²) in [5.41, 5.74) is 9.91. The molecule has 0 radical (unpaired) electrons. The highest BCUT2D eigenvalue weighted by Gasteiger charge is 2.40. The van der Waals surface area contributed by atoms with E-state index in [1.54, 1.807) is 106 Å². The third-order valence-electron chi connectivity index (χ3n) is 11.1. The maximum absolute atomic E-state index is 16.0. The van der Waals surface area contributed by atoms with Gasteiger partial charge in [-0.1, -0.05) is 54.6 Å². The van der Waals surface area contributed by atoms with Gasteiger partial charge in [0, 0.05) is 25.1 Å². The van der Waals surface area contributed by atoms with Crippen LogP contribution in [0.15, 0.2) is 113 Å². The number of methoxy groups -OCH3 is 3. The topological polar surface area (TPSA) is 210 Å². The third kappa shape index (κ3) is 9.23. The first-order valence-electron chi connectivity index (χ1n) is 20.1. The summed E-state index contributed by atoms with van der Waals surface area (Å²) in [6.45, 7) is 1.12. The van der Waals surface area contributed by atoms with Crippen molar-refractivity contribution in [1.29, 1.82) is 0 Å². The van der Waals surface area contributed by atoms with Gasteiger partial charge in [0.2, 0.25) is 25.9 Å². The molecule has 8 rings (SSSR count). The van der Waals surface area contributed by atoms with Crippen LogP contribution in [0.2, 0.25) is 0 Å². The number of aromatic nitrogens is 6. The number of nitrogens with one attached hydrogen (secondary N) is 2. The van der Waals surface area contributed by atoms with Crippen molar-refractivity contribution in [2.24, 2.45) is 0 Å². The number of anilines is 1. The van der Waals surface area contributed by atoms with Crippen molar-refractivity contribution >= 4 is 37.0 Å². The number of imidazole rings is 1. The molecule has 17 nitrogen and oxygen atoms in total. The minimum atomic E-state index is -4.85. The number of sulfonamides is 2. The van der Waals surface area contributed by atoms with Crippen LogP contribution in [-0.2, 0) is 39.7 Å². The van der Waals surface area contributed by atoms with Crippen LogP contribution in [0.1, 0.15) is 23.1 Å². The van der Waals surface area contributed by atoms with E-state index in [1.807, 2.05) is 26.2 Å². The second-order valence-electron chi connectivity index (χ2n) is 16.0. The fourth-order valence-corrected chi connectivity index (χ4v) is 11.6. The van der Waals surface area contributed by atoms with E-state index in [4.69, 9.17) is 25.0 Å². The number of ether oxygens (including phenoxy) is 3. The zero-order valence-corrected chi connectivity index (χ0v) is 37.2. The lowest BCUT2D eigenvalue weighted by atomic mass is 9.98. The Kier molecular flexibility index (Phi) is 12.0. The molecule has 19 heteroatoms. The number of H-pyrrole nitrogens is 1. The first-order valence-corrected chi connectivity index (χ1v) is 23.0. The summed E-state index contributed by atoms with van der Waals surface area (Å²) < 4.78 is 82.8. The molecular formula is C44H49N10O7S2+. The molecule has 1 aliphatic heterocycles. The number of nitrogens with two attached hydrogens (primary N) is 1. The zero-order chi connectivity index (χ0) is 44.5. The number of benzene rings is 5. The van der Waals surface area contributed by atoms with Crippen molar-refractivity contribution in [3.8, 4) is 39.8 Å². The van der Waals surface area contributed by atoms with Crippen molar-refractivity contribution in [3.05, 3.63) is 120 Å². The Morgan fingerprint density at radius 1 is 0.794 bits per heavy atom. The van der Waals surface area contributed by atoms with Crippen molar-refractivity contribution in [2.75, 3.05) is 54.2 Å². The van der Waals surface area contributed by atoms with Gasteiger partial charge in [0.15, 0.2) is 5.95 Å². The van der Waals surface area contributed by atoms with Crippen LogP contribution in [-0.4, -0.2) is 110 Å². The lowest BCUT2D eigenvalue weighted by molar-refractivity contribution is -0.878. The van der Waals surface area contributed by atoms with Crippen LogP contribution in [0.5, 0.6) is 17.2 Å². The second kappa shape index (κ2) is 17.4. The number of likely N-dealkylation sites (N-methyl/N-ethyl adjacent to an activating group) is 1. The van der Waals surface area contributed by atoms with Crippen LogP contribution in [0.3, 0.4) is 0 Å². The van der Waals surface area contributed by atoms with Gasteiger partial charge in [-0.05, 0) is 76.0 Å². The summed E-state index contributed by atoms with van der Waals surface area (Å²) in [4.78, 5) is 7.94. The van der Waals surface area contributed by atoms with E-state index >= 15 is 8.42 Å². The number of para-hydroxylation sites is 1. The number of aromatic amines is 1. The number of hydrogen-bond donors (Lipinski definition) is 3. The van der Waals surface area contributed by atoms with Gasteiger partial charge in [0.25, 0.3) is 0 Å². The van der Waals surface area contributed by atoms with Crippen molar-refractivity contribution in [1.82, 2.24) is 39.2 Å². The van der Waals surface area contributed by atoms with E-state index in [0.29, 0.717) is 68.0 Å². The first kappa shape index (κ1) is 43.3. The molecule has 1 aliphatic rings. The molecule has 63 heavy (non-hydrogen) atoms. The van der Waals surface area contributed by atoms with Gasteiger partial charge in [-0.2, -0.15) is 9.10 Å². The average molecular weight is 894 g/mol. The van der Waals surface area contributed by atoms with E-state index in [2.05, 4.69) is 25.0 Å². The minimum Gasteiger partial charge on any atom is -0.497 e. The molecule has 5 aromatic carbocycles. The summed E-state index contributed by atoms with van der Waals surface area (Å²) in [6, 6.07) is 29.1. The van der Waals surface area contributed by atoms with Crippen molar-refractivity contribution < 1.29 is 35.5 Å². The smallest absolute Gasteiger partial charge is 0.245 e. The van der Waals surface area contributed by atoms with Gasteiger partial charge in [0.1, 0.15) is 27.0 Å². The maximum atomic E-state index is 16.0. The first-order chi connectivity index (χ1) is 30.2. The number of rotatable bonds is 16. The Morgan fingerprint density at radius 3 is 1.94 bits per heavy atom. The lowest BCUT2D eigenvalue weighted by Crippen LogP contribution is -2.43. The predicted octanol–water partition coefficient (Wildman–Crippen LogP) is 5.06. The van der Waals surface area contributed by atoms with Crippen molar-refractivity contribution in [3.63, 3.8) is 0 Å². The minimum absolute atomic E-state index is 0.0788. The van der Waals surface area contributed by atoms with E-state index < -0.39 is 35.9 Å². The SMILES string of the molecule is COc1ccc(CN(Cc2ccc(OC)cc2)S(=O)(=O)c2c(S(=O)(=O)N[C@@H]3CC[N+](C)(C)C3)ccc(-c3cccc4[nH]c(N)nc34)c2-c2nnn(Cc3ccc(OC)cc3)n2)cc1. The molecule has 1 saturated heterocycles. The number of nitrogen functional groups attached to an aromatic ring is 1. The summed E-state index contributed by atoms with van der Waals surface area (Å²) in [6.07, 6.45) is 0.560. The van der Waals surface area contributed by atoms with Gasteiger partial charge in [-0.25, -0.2) is 26.5 Å². The Bertz CT molecular complexity index is 2920. The highest BCUT2D eigenvalue weighted by atomic mass is 32.2. The van der Waals surface area contributed by atoms with E-state index in [0.717, 1.165) is 12.1 Å². The van der Waals surface area contributed by atoms with Crippen LogP contribution in [0.25, 0.3) is 33.5 Å². The third-order valence-corrected chi connectivity index (χ3v) is 14.7. The molecule has 0 spiro atoms. The van der Waals surface area contributed by atoms with Gasteiger partial charge in [0.05, 0.1) is 77.7 Å². The molecule has 1 atom stereocenters. The highest BCUT2D eigenvalue weighted by Crippen LogP contribution is 2.43. The largest absolute Gasteiger partial charge is 0.497 e. The molecule has 0 unspecified atom stereocenters. The molecule has 7 aromatic rings. The average Bonchev–Trinajstić information content (AvgIpc) is 4.00. The van der Waals surface area contributed by atoms with Crippen LogP contribution >= 0.6 is 0 Å². The normalized spacial score (nSPS) is 15.2. The summed E-state index contributed by atoms with van der Waals surface area (Å²) in [7, 11) is -0.688. The van der Waals surface area contributed by atoms with Crippen LogP contribution in [0.4, 0.5) is 5.95 Å². The van der Waals surface area contributed by atoms with E-state index in [-0.39, 0.29) is 37.0 Å². The monoisotopic (exact) mass is 893 g/mol. The van der Waals surface area contributed by atoms with Gasteiger partial charge in [-0.3, -0.25) is 0 Å². The number of hydrogen-bond acceptors (Lipinski definition) is 12. The second-order valence-corrected chi connectivity index (χ2v) is 19.6. The fourth-order valence-electron chi connectivity index (χ4n) is 7.94. The van der Waals surface area contributed by atoms with Crippen LogP contribution < -0.4 is 24.7 Å². The Hall–Kier alpha value is -6.38. The number of tetrazole rings is 1. The Balaban J connectivity index is 1.38.